The predicted octanol–water partition coefficient (Wildman–Crippen LogP) is 2.97. The van der Waals surface area contributed by atoms with E-state index < -0.39 is 0 Å². The molecule has 0 aliphatic heterocycles. The molecule has 0 saturated carbocycles. The van der Waals surface area contributed by atoms with Gasteiger partial charge in [-0.05, 0) is 36.6 Å². The van der Waals surface area contributed by atoms with E-state index in [0.29, 0.717) is 6.61 Å². The first-order chi connectivity index (χ1) is 11.2. The second-order valence-corrected chi connectivity index (χ2v) is 5.65. The number of nitrogens with one attached hydrogen (secondary N) is 2. The van der Waals surface area contributed by atoms with Gasteiger partial charge in [0.15, 0.2) is 5.96 Å². The van der Waals surface area contributed by atoms with Crippen molar-refractivity contribution >= 4 is 16.7 Å². The largest absolute Gasteiger partial charge is 0.383 e. The number of methoxy groups -OCH3 is 1. The van der Waals surface area contributed by atoms with Gasteiger partial charge >= 0.3 is 0 Å². The Morgan fingerprint density at radius 2 is 1.96 bits per heavy atom. The topological polar surface area (TPSA) is 45.7 Å². The molecule has 2 aromatic rings. The Labute approximate surface area is 139 Å². The lowest BCUT2D eigenvalue weighted by molar-refractivity contribution is 0.179. The van der Waals surface area contributed by atoms with Gasteiger partial charge in [-0.3, -0.25) is 4.99 Å². The Hall–Kier alpha value is -2.07. The minimum atomic E-state index is 0.232. The number of fused-ring (bicyclic) bond motifs is 1. The molecule has 1 unspecified atom stereocenters. The van der Waals surface area contributed by atoms with E-state index in [2.05, 4.69) is 71.9 Å². The summed E-state index contributed by atoms with van der Waals surface area (Å²) < 4.78 is 5.16. The summed E-state index contributed by atoms with van der Waals surface area (Å²) in [7, 11) is 1.71. The molecule has 0 spiro atoms. The fraction of sp³-hybridized carbons (Fsp3) is 0.421. The van der Waals surface area contributed by atoms with Gasteiger partial charge < -0.3 is 15.4 Å². The first-order valence-corrected chi connectivity index (χ1v) is 8.25. The van der Waals surface area contributed by atoms with Gasteiger partial charge in [-0.25, -0.2) is 0 Å². The van der Waals surface area contributed by atoms with Crippen molar-refractivity contribution in [2.45, 2.75) is 26.3 Å². The van der Waals surface area contributed by atoms with Crippen LogP contribution in [0.15, 0.2) is 47.5 Å². The predicted molar refractivity (Wildman–Crippen MR) is 98.1 cm³/mol. The van der Waals surface area contributed by atoms with Crippen molar-refractivity contribution < 1.29 is 4.74 Å². The van der Waals surface area contributed by atoms with Crippen LogP contribution >= 0.6 is 0 Å². The van der Waals surface area contributed by atoms with Crippen molar-refractivity contribution in [2.24, 2.45) is 4.99 Å². The van der Waals surface area contributed by atoms with E-state index >= 15 is 0 Å². The quantitative estimate of drug-likeness (QED) is 0.610. The highest BCUT2D eigenvalue weighted by atomic mass is 16.5. The fourth-order valence-electron chi connectivity index (χ4n) is 2.64. The number of hydrogen-bond donors (Lipinski definition) is 2. The molecule has 2 N–H and O–H groups in total. The molecular weight excluding hydrogens is 286 g/mol. The summed E-state index contributed by atoms with van der Waals surface area (Å²) in [5, 5.41) is 9.24. The maximum absolute atomic E-state index is 5.16. The molecule has 0 radical (unpaired) electrons. The molecule has 124 valence electrons. The van der Waals surface area contributed by atoms with E-state index in [-0.39, 0.29) is 6.04 Å². The van der Waals surface area contributed by atoms with Crippen LogP contribution in [0.3, 0.4) is 0 Å². The van der Waals surface area contributed by atoms with Gasteiger partial charge in [0.25, 0.3) is 0 Å². The molecule has 1 atom stereocenters. The number of ether oxygens (including phenoxy) is 1. The third-order valence-corrected chi connectivity index (χ3v) is 3.68. The number of aliphatic imine (C=N–C) groups is 1. The van der Waals surface area contributed by atoms with Gasteiger partial charge in [0.05, 0.1) is 6.61 Å². The van der Waals surface area contributed by atoms with Crippen LogP contribution in [0.2, 0.25) is 0 Å². The molecule has 2 aromatic carbocycles. The third kappa shape index (κ3) is 5.25. The van der Waals surface area contributed by atoms with Gasteiger partial charge in [-0.2, -0.15) is 0 Å². The van der Waals surface area contributed by atoms with Gasteiger partial charge in [-0.1, -0.05) is 42.5 Å². The maximum atomic E-state index is 5.16. The van der Waals surface area contributed by atoms with E-state index in [4.69, 9.17) is 4.74 Å². The molecule has 2 rings (SSSR count). The smallest absolute Gasteiger partial charge is 0.191 e. The van der Waals surface area contributed by atoms with Crippen LogP contribution in [0.1, 0.15) is 19.4 Å². The van der Waals surface area contributed by atoms with Crippen molar-refractivity contribution in [3.05, 3.63) is 48.0 Å². The summed E-state index contributed by atoms with van der Waals surface area (Å²) in [6, 6.07) is 15.2. The molecule has 0 heterocycles. The number of guanidine groups is 1. The highest BCUT2D eigenvalue weighted by Crippen LogP contribution is 2.18. The number of hydrogen-bond acceptors (Lipinski definition) is 2. The maximum Gasteiger partial charge on any atom is 0.191 e. The first-order valence-electron chi connectivity index (χ1n) is 8.25. The minimum absolute atomic E-state index is 0.232. The number of rotatable bonds is 7. The molecular formula is C19H27N3O. The van der Waals surface area contributed by atoms with Gasteiger partial charge in [0, 0.05) is 26.2 Å². The average Bonchev–Trinajstić information content (AvgIpc) is 2.55. The number of benzene rings is 2. The van der Waals surface area contributed by atoms with E-state index in [1.165, 1.54) is 16.3 Å². The van der Waals surface area contributed by atoms with Crippen LogP contribution in [0.4, 0.5) is 0 Å². The molecule has 23 heavy (non-hydrogen) atoms. The van der Waals surface area contributed by atoms with E-state index in [9.17, 15) is 0 Å². The summed E-state index contributed by atoms with van der Waals surface area (Å²) in [5.41, 5.74) is 1.34. The second kappa shape index (κ2) is 9.16. The van der Waals surface area contributed by atoms with Crippen LogP contribution < -0.4 is 10.6 Å². The highest BCUT2D eigenvalue weighted by Gasteiger charge is 2.04. The van der Waals surface area contributed by atoms with Crippen LogP contribution in [0.25, 0.3) is 10.8 Å². The van der Waals surface area contributed by atoms with Crippen molar-refractivity contribution in [2.75, 3.05) is 26.8 Å². The zero-order valence-corrected chi connectivity index (χ0v) is 14.3. The van der Waals surface area contributed by atoms with Gasteiger partial charge in [0.1, 0.15) is 0 Å². The molecule has 0 bridgehead atoms. The lowest BCUT2D eigenvalue weighted by Crippen LogP contribution is -2.44. The van der Waals surface area contributed by atoms with Crippen LogP contribution in [0.5, 0.6) is 0 Å². The zero-order valence-electron chi connectivity index (χ0n) is 14.3. The van der Waals surface area contributed by atoms with E-state index in [1.807, 2.05) is 0 Å². The Balaban J connectivity index is 2.01. The van der Waals surface area contributed by atoms with Crippen molar-refractivity contribution in [3.8, 4) is 0 Å². The molecule has 0 aliphatic rings. The zero-order chi connectivity index (χ0) is 16.5. The van der Waals surface area contributed by atoms with Crippen molar-refractivity contribution in [3.63, 3.8) is 0 Å². The SMILES string of the molecule is CCNC(=NCCc1cccc2ccccc12)NC(C)COC. The molecule has 4 nitrogen and oxygen atoms in total. The standard InChI is InChI=1S/C19H27N3O/c1-4-20-19(22-15(2)14-23-3)21-13-12-17-10-7-9-16-8-5-6-11-18(16)17/h5-11,15H,4,12-14H2,1-3H3,(H2,20,21,22). The Morgan fingerprint density at radius 3 is 2.74 bits per heavy atom. The van der Waals surface area contributed by atoms with Crippen molar-refractivity contribution in [1.82, 2.24) is 10.6 Å². The van der Waals surface area contributed by atoms with Gasteiger partial charge in [-0.15, -0.1) is 0 Å². The Morgan fingerprint density at radius 1 is 1.17 bits per heavy atom. The molecule has 0 aliphatic carbocycles. The summed E-state index contributed by atoms with van der Waals surface area (Å²) in [5.74, 6) is 0.845. The minimum Gasteiger partial charge on any atom is -0.383 e. The second-order valence-electron chi connectivity index (χ2n) is 5.65. The first kappa shape index (κ1) is 17.3. The van der Waals surface area contributed by atoms with Crippen LogP contribution in [-0.2, 0) is 11.2 Å². The average molecular weight is 313 g/mol. The molecule has 0 amide bonds. The fourth-order valence-corrected chi connectivity index (χ4v) is 2.64. The monoisotopic (exact) mass is 313 g/mol. The lowest BCUT2D eigenvalue weighted by atomic mass is 10.0. The van der Waals surface area contributed by atoms with Crippen LogP contribution in [0, 0.1) is 0 Å². The summed E-state index contributed by atoms with van der Waals surface area (Å²) >= 11 is 0. The van der Waals surface area contributed by atoms with Gasteiger partial charge in [0.2, 0.25) is 0 Å². The molecule has 0 fully saturated rings. The molecule has 0 saturated heterocycles. The third-order valence-electron chi connectivity index (χ3n) is 3.68. The van der Waals surface area contributed by atoms with E-state index in [1.54, 1.807) is 7.11 Å². The van der Waals surface area contributed by atoms with E-state index in [0.717, 1.165) is 25.5 Å². The Kier molecular flexibility index (Phi) is 6.88. The lowest BCUT2D eigenvalue weighted by Gasteiger charge is -2.17. The summed E-state index contributed by atoms with van der Waals surface area (Å²) in [6.07, 6.45) is 0.927. The molecule has 4 heteroatoms. The van der Waals surface area contributed by atoms with Crippen LogP contribution in [-0.4, -0.2) is 38.8 Å². The summed E-state index contributed by atoms with van der Waals surface area (Å²) in [6.45, 7) is 6.42. The normalized spacial score (nSPS) is 13.1. The summed E-state index contributed by atoms with van der Waals surface area (Å²) in [4.78, 5) is 4.68. The van der Waals surface area contributed by atoms with Crippen molar-refractivity contribution in [1.29, 1.82) is 0 Å². The Bertz CT molecular complexity index is 634. The number of nitrogens with zero attached hydrogens (tertiary/aromatic N) is 1. The highest BCUT2D eigenvalue weighted by molar-refractivity contribution is 5.85. The molecule has 0 aromatic heterocycles.